The quantitative estimate of drug-likeness (QED) is 0.152. The fraction of sp³-hybridized carbons (Fsp3) is 0.194. The molecule has 1 unspecified atom stereocenters. The Balaban J connectivity index is 0.00000267. The van der Waals surface area contributed by atoms with Gasteiger partial charge in [-0.1, -0.05) is 62.5 Å². The number of carboxylic acid groups (broad SMARTS) is 1. The molecule has 0 spiro atoms. The Bertz CT molecular complexity index is 1580. The lowest BCUT2D eigenvalue weighted by Crippen LogP contribution is -2.18. The molecule has 0 amide bonds. The van der Waals surface area contributed by atoms with E-state index in [2.05, 4.69) is 5.16 Å². The molecule has 4 rings (SSSR count). The van der Waals surface area contributed by atoms with Crippen LogP contribution in [0.3, 0.4) is 0 Å². The molecule has 0 aliphatic heterocycles. The lowest BCUT2D eigenvalue weighted by molar-refractivity contribution is 0.0692. The first-order valence-electron chi connectivity index (χ1n) is 11.5. The van der Waals surface area contributed by atoms with Gasteiger partial charge in [0.1, 0.15) is 11.6 Å². The number of hydrogen-bond donors (Lipinski definition) is 2. The maximum atomic E-state index is 15.6. The first kappa shape index (κ1) is 30.6. The Morgan fingerprint density at radius 2 is 1.56 bits per heavy atom. The second-order valence-electron chi connectivity index (χ2n) is 8.76. The number of benzene rings is 3. The number of aromatic carboxylic acids is 1. The van der Waals surface area contributed by atoms with E-state index in [1.807, 2.05) is 31.2 Å². The molecule has 39 heavy (non-hydrogen) atoms. The SMILES string of the molecule is C.C.Cc1ccccc1C(C/C(=N\O)c1ccc(=O)n(C)c1)c1ccc(-c2ccc(C(=O)O)c(F)c2)cc1F. The summed E-state index contributed by atoms with van der Waals surface area (Å²) in [6, 6.07) is 18.6. The van der Waals surface area contributed by atoms with Gasteiger partial charge in [0.05, 0.1) is 11.3 Å². The molecule has 0 aliphatic carbocycles. The third kappa shape index (κ3) is 6.46. The number of nitrogens with zero attached hydrogens (tertiary/aromatic N) is 2. The highest BCUT2D eigenvalue weighted by Gasteiger charge is 2.24. The molecule has 204 valence electrons. The average Bonchev–Trinajstić information content (AvgIpc) is 2.87. The number of carboxylic acids is 1. The second kappa shape index (κ2) is 12.8. The predicted octanol–water partition coefficient (Wildman–Crippen LogP) is 7.01. The number of hydrogen-bond acceptors (Lipinski definition) is 4. The molecule has 0 bridgehead atoms. The van der Waals surface area contributed by atoms with Gasteiger partial charge >= 0.3 is 5.97 Å². The maximum absolute atomic E-state index is 15.6. The van der Waals surface area contributed by atoms with Gasteiger partial charge in [0.2, 0.25) is 5.56 Å². The molecule has 8 heteroatoms. The summed E-state index contributed by atoms with van der Waals surface area (Å²) in [4.78, 5) is 22.9. The maximum Gasteiger partial charge on any atom is 0.338 e. The van der Waals surface area contributed by atoms with Gasteiger partial charge in [-0.2, -0.15) is 0 Å². The van der Waals surface area contributed by atoms with E-state index in [1.54, 1.807) is 31.4 Å². The van der Waals surface area contributed by atoms with Gasteiger partial charge in [-0.3, -0.25) is 4.79 Å². The van der Waals surface area contributed by atoms with Crippen LogP contribution >= 0.6 is 0 Å². The van der Waals surface area contributed by atoms with Crippen LogP contribution < -0.4 is 5.56 Å². The predicted molar refractivity (Wildman–Crippen MR) is 150 cm³/mol. The summed E-state index contributed by atoms with van der Waals surface area (Å²) in [6.07, 6.45) is 1.69. The largest absolute Gasteiger partial charge is 0.478 e. The third-order valence-corrected chi connectivity index (χ3v) is 6.41. The van der Waals surface area contributed by atoms with E-state index in [4.69, 9.17) is 5.11 Å². The highest BCUT2D eigenvalue weighted by Crippen LogP contribution is 2.35. The molecule has 1 heterocycles. The van der Waals surface area contributed by atoms with Gasteiger partial charge in [0.25, 0.3) is 0 Å². The zero-order valence-corrected chi connectivity index (χ0v) is 20.2. The molecule has 4 aromatic rings. The number of oxime groups is 1. The van der Waals surface area contributed by atoms with Gasteiger partial charge in [0, 0.05) is 37.2 Å². The van der Waals surface area contributed by atoms with Crippen LogP contribution in [0.2, 0.25) is 0 Å². The van der Waals surface area contributed by atoms with E-state index < -0.39 is 29.1 Å². The van der Waals surface area contributed by atoms with Gasteiger partial charge < -0.3 is 14.9 Å². The number of rotatable bonds is 7. The van der Waals surface area contributed by atoms with Crippen molar-refractivity contribution in [2.24, 2.45) is 12.2 Å². The van der Waals surface area contributed by atoms with Crippen LogP contribution in [0.15, 0.2) is 88.9 Å². The summed E-state index contributed by atoms with van der Waals surface area (Å²) in [5, 5.41) is 22.4. The average molecular weight is 535 g/mol. The molecule has 1 atom stereocenters. The van der Waals surface area contributed by atoms with Gasteiger partial charge in [-0.05, 0) is 59.0 Å². The lowest BCUT2D eigenvalue weighted by atomic mass is 9.83. The van der Waals surface area contributed by atoms with Crippen LogP contribution in [0, 0.1) is 18.6 Å². The Morgan fingerprint density at radius 3 is 2.13 bits per heavy atom. The minimum atomic E-state index is -1.38. The first-order valence-corrected chi connectivity index (χ1v) is 11.5. The fourth-order valence-electron chi connectivity index (χ4n) is 4.40. The molecule has 0 aliphatic rings. The summed E-state index contributed by atoms with van der Waals surface area (Å²) in [6.45, 7) is 1.91. The fourth-order valence-corrected chi connectivity index (χ4v) is 4.40. The smallest absolute Gasteiger partial charge is 0.338 e. The molecule has 3 aromatic carbocycles. The molecule has 0 radical (unpaired) electrons. The number of aryl methyl sites for hydroxylation is 2. The Morgan fingerprint density at radius 1 is 0.923 bits per heavy atom. The zero-order chi connectivity index (χ0) is 26.7. The van der Waals surface area contributed by atoms with Crippen LogP contribution in [-0.4, -0.2) is 26.6 Å². The van der Waals surface area contributed by atoms with Crippen molar-refractivity contribution in [1.29, 1.82) is 0 Å². The number of carbonyl (C=O) groups is 1. The van der Waals surface area contributed by atoms with Crippen molar-refractivity contribution >= 4 is 11.7 Å². The first-order chi connectivity index (χ1) is 17.7. The molecule has 6 nitrogen and oxygen atoms in total. The normalized spacial score (nSPS) is 11.7. The van der Waals surface area contributed by atoms with Crippen molar-refractivity contribution in [2.45, 2.75) is 34.1 Å². The van der Waals surface area contributed by atoms with Gasteiger partial charge in [0.15, 0.2) is 0 Å². The van der Waals surface area contributed by atoms with Crippen LogP contribution in [0.25, 0.3) is 11.1 Å². The van der Waals surface area contributed by atoms with Crippen molar-refractivity contribution in [3.05, 3.63) is 129 Å². The van der Waals surface area contributed by atoms with Crippen LogP contribution in [0.4, 0.5) is 8.78 Å². The number of pyridine rings is 1. The van der Waals surface area contributed by atoms with Crippen molar-refractivity contribution in [2.75, 3.05) is 0 Å². The molecule has 1 aromatic heterocycles. The highest BCUT2D eigenvalue weighted by atomic mass is 19.1. The van der Waals surface area contributed by atoms with E-state index in [1.165, 1.54) is 22.8 Å². The molecule has 0 saturated heterocycles. The van der Waals surface area contributed by atoms with E-state index in [0.717, 1.165) is 23.3 Å². The van der Waals surface area contributed by atoms with Gasteiger partial charge in [-0.15, -0.1) is 0 Å². The standard InChI is InChI=1S/C29H24F2N2O4.2CH4/c1-17-5-3-4-6-21(17)24(15-27(32-37)20-9-12-28(34)33(2)16-20)22-10-7-18(13-25(22)30)19-8-11-23(29(35)36)26(31)14-19;;/h3-14,16,24,37H,15H2,1-2H3,(H,35,36);2*1H4/b32-27+;;. The number of halogens is 2. The molecular weight excluding hydrogens is 502 g/mol. The summed E-state index contributed by atoms with van der Waals surface area (Å²) in [5.74, 6) is -3.38. The molecule has 2 N–H and O–H groups in total. The summed E-state index contributed by atoms with van der Waals surface area (Å²) >= 11 is 0. The molecule has 0 fully saturated rings. The van der Waals surface area contributed by atoms with Gasteiger partial charge in [-0.25, -0.2) is 13.6 Å². The van der Waals surface area contributed by atoms with Crippen molar-refractivity contribution < 1.29 is 23.9 Å². The summed E-state index contributed by atoms with van der Waals surface area (Å²) < 4.78 is 31.2. The van der Waals surface area contributed by atoms with Crippen LogP contribution in [-0.2, 0) is 7.05 Å². The minimum Gasteiger partial charge on any atom is -0.478 e. The summed E-state index contributed by atoms with van der Waals surface area (Å²) in [5.41, 5.74) is 2.93. The number of aromatic nitrogens is 1. The monoisotopic (exact) mass is 534 g/mol. The minimum absolute atomic E-state index is 0. The Hall–Kier alpha value is -4.59. The lowest BCUT2D eigenvalue weighted by Gasteiger charge is -2.22. The Kier molecular flexibility index (Phi) is 10.0. The molecule has 0 saturated carbocycles. The van der Waals surface area contributed by atoms with E-state index in [0.29, 0.717) is 22.3 Å². The van der Waals surface area contributed by atoms with Crippen molar-refractivity contribution in [3.8, 4) is 11.1 Å². The van der Waals surface area contributed by atoms with E-state index in [9.17, 15) is 19.2 Å². The topological polar surface area (TPSA) is 91.9 Å². The third-order valence-electron chi connectivity index (χ3n) is 6.41. The summed E-state index contributed by atoms with van der Waals surface area (Å²) in [7, 11) is 1.59. The zero-order valence-electron chi connectivity index (χ0n) is 20.2. The highest BCUT2D eigenvalue weighted by molar-refractivity contribution is 6.00. The second-order valence-corrected chi connectivity index (χ2v) is 8.76. The van der Waals surface area contributed by atoms with Crippen molar-refractivity contribution in [3.63, 3.8) is 0 Å². The van der Waals surface area contributed by atoms with Crippen LogP contribution in [0.5, 0.6) is 0 Å². The Labute approximate surface area is 226 Å². The van der Waals surface area contributed by atoms with Crippen molar-refractivity contribution in [1.82, 2.24) is 4.57 Å². The van der Waals surface area contributed by atoms with E-state index in [-0.39, 0.29) is 32.5 Å². The van der Waals surface area contributed by atoms with Crippen LogP contribution in [0.1, 0.15) is 59.8 Å². The molecular formula is C31H32F2N2O4. The van der Waals surface area contributed by atoms with E-state index >= 15 is 4.39 Å².